The van der Waals surface area contributed by atoms with Crippen LogP contribution in [0.25, 0.3) is 0 Å². The van der Waals surface area contributed by atoms with Gasteiger partial charge in [-0.25, -0.2) is 9.67 Å². The zero-order chi connectivity index (χ0) is 18.1. The Bertz CT molecular complexity index is 966. The number of halogens is 1. The third-order valence-electron chi connectivity index (χ3n) is 4.44. The molecule has 0 saturated carbocycles. The average molecular weight is 369 g/mol. The van der Waals surface area contributed by atoms with Gasteiger partial charge < -0.3 is 9.47 Å². The summed E-state index contributed by atoms with van der Waals surface area (Å²) < 4.78 is 12.6. The van der Waals surface area contributed by atoms with Crippen LogP contribution in [0.4, 0.5) is 5.95 Å². The molecule has 1 aliphatic heterocycles. The Morgan fingerprint density at radius 1 is 1.04 bits per heavy atom. The number of hydrogen-bond acceptors (Lipinski definition) is 5. The van der Waals surface area contributed by atoms with E-state index in [-0.39, 0.29) is 6.04 Å². The van der Waals surface area contributed by atoms with Gasteiger partial charge in [-0.2, -0.15) is 10.1 Å². The van der Waals surface area contributed by atoms with E-state index in [0.717, 1.165) is 16.8 Å². The van der Waals surface area contributed by atoms with Crippen LogP contribution in [0.3, 0.4) is 0 Å². The zero-order valence-electron chi connectivity index (χ0n) is 14.4. The minimum atomic E-state index is 0.00497. The fourth-order valence-electron chi connectivity index (χ4n) is 3.12. The van der Waals surface area contributed by atoms with Crippen LogP contribution in [0, 0.1) is 0 Å². The predicted molar refractivity (Wildman–Crippen MR) is 100.0 cm³/mol. The molecule has 26 heavy (non-hydrogen) atoms. The van der Waals surface area contributed by atoms with Crippen molar-refractivity contribution in [1.29, 1.82) is 0 Å². The molecule has 7 heteroatoms. The molecule has 0 saturated heterocycles. The number of fused-ring (bicyclic) bond motifs is 1. The van der Waals surface area contributed by atoms with Gasteiger partial charge in [-0.05, 0) is 35.9 Å². The van der Waals surface area contributed by atoms with Gasteiger partial charge >= 0.3 is 0 Å². The van der Waals surface area contributed by atoms with Gasteiger partial charge in [0.25, 0.3) is 0 Å². The first kappa shape index (κ1) is 16.6. The summed E-state index contributed by atoms with van der Waals surface area (Å²) in [5.41, 5.74) is 3.00. The van der Waals surface area contributed by atoms with Gasteiger partial charge in [-0.1, -0.05) is 23.7 Å². The number of hydrogen-bond donors (Lipinski definition) is 0. The van der Waals surface area contributed by atoms with Crippen LogP contribution in [0.15, 0.2) is 53.8 Å². The third-order valence-corrected chi connectivity index (χ3v) is 4.69. The zero-order valence-corrected chi connectivity index (χ0v) is 15.1. The van der Waals surface area contributed by atoms with Crippen molar-refractivity contribution in [1.82, 2.24) is 14.8 Å². The topological polar surface area (TPSA) is 61.5 Å². The Kier molecular flexibility index (Phi) is 4.34. The minimum absolute atomic E-state index is 0.00497. The van der Waals surface area contributed by atoms with E-state index in [1.54, 1.807) is 14.2 Å². The van der Waals surface area contributed by atoms with Gasteiger partial charge in [-0.3, -0.25) is 0 Å². The van der Waals surface area contributed by atoms with Crippen molar-refractivity contribution in [2.75, 3.05) is 14.2 Å². The molecule has 0 amide bonds. The van der Waals surface area contributed by atoms with Crippen molar-refractivity contribution in [2.24, 2.45) is 4.99 Å². The number of rotatable bonds is 4. The monoisotopic (exact) mass is 368 g/mol. The van der Waals surface area contributed by atoms with Crippen molar-refractivity contribution < 1.29 is 9.47 Å². The van der Waals surface area contributed by atoms with E-state index in [0.29, 0.717) is 28.9 Å². The molecule has 2 heterocycles. The lowest BCUT2D eigenvalue weighted by molar-refractivity contribution is 0.355. The SMILES string of the molecule is COc1ccc(C2=Nc3ncnn3C(c3ccc(Cl)cc3)C2)cc1OC. The molecule has 0 aliphatic carbocycles. The molecular weight excluding hydrogens is 352 g/mol. The van der Waals surface area contributed by atoms with Crippen LogP contribution < -0.4 is 9.47 Å². The molecule has 3 aromatic rings. The van der Waals surface area contributed by atoms with Gasteiger partial charge in [0.05, 0.1) is 26.0 Å². The maximum Gasteiger partial charge on any atom is 0.248 e. The first-order chi connectivity index (χ1) is 12.7. The van der Waals surface area contributed by atoms with Crippen molar-refractivity contribution in [3.05, 3.63) is 64.9 Å². The quantitative estimate of drug-likeness (QED) is 0.696. The van der Waals surface area contributed by atoms with E-state index in [1.807, 2.05) is 47.1 Å². The Morgan fingerprint density at radius 2 is 1.81 bits per heavy atom. The molecular formula is C19H17ClN4O2. The number of aliphatic imine (C=N–C) groups is 1. The smallest absolute Gasteiger partial charge is 0.248 e. The van der Waals surface area contributed by atoms with Crippen LogP contribution >= 0.6 is 11.6 Å². The van der Waals surface area contributed by atoms with E-state index in [4.69, 9.17) is 21.1 Å². The molecule has 6 nitrogen and oxygen atoms in total. The van der Waals surface area contributed by atoms with E-state index in [1.165, 1.54) is 6.33 Å². The second-order valence-corrected chi connectivity index (χ2v) is 6.34. The summed E-state index contributed by atoms with van der Waals surface area (Å²) in [6.45, 7) is 0. The fraction of sp³-hybridized carbons (Fsp3) is 0.211. The number of methoxy groups -OCH3 is 2. The highest BCUT2D eigenvalue weighted by molar-refractivity contribution is 6.30. The van der Waals surface area contributed by atoms with E-state index >= 15 is 0 Å². The third kappa shape index (κ3) is 2.93. The summed E-state index contributed by atoms with van der Waals surface area (Å²) >= 11 is 6.03. The summed E-state index contributed by atoms with van der Waals surface area (Å²) in [5.74, 6) is 1.94. The maximum atomic E-state index is 6.03. The Hall–Kier alpha value is -2.86. The standard InChI is InChI=1S/C19H17ClN4O2/c1-25-17-8-5-13(9-18(17)26-2)15-10-16(12-3-6-14(20)7-4-12)24-19(23-15)21-11-22-24/h3-9,11,16H,10H2,1-2H3. The van der Waals surface area contributed by atoms with Crippen LogP contribution in [-0.4, -0.2) is 34.7 Å². The van der Waals surface area contributed by atoms with Gasteiger partial charge in [0.2, 0.25) is 5.95 Å². The van der Waals surface area contributed by atoms with Crippen molar-refractivity contribution in [3.8, 4) is 11.5 Å². The van der Waals surface area contributed by atoms with Gasteiger partial charge in [0.15, 0.2) is 11.5 Å². The first-order valence-corrected chi connectivity index (χ1v) is 8.52. The van der Waals surface area contributed by atoms with E-state index in [2.05, 4.69) is 15.1 Å². The van der Waals surface area contributed by atoms with Crippen LogP contribution in [-0.2, 0) is 0 Å². The molecule has 0 spiro atoms. The number of ether oxygens (including phenoxy) is 2. The van der Waals surface area contributed by atoms with Gasteiger partial charge in [-0.15, -0.1) is 0 Å². The molecule has 0 bridgehead atoms. The Labute approximate surface area is 156 Å². The number of benzene rings is 2. The normalized spacial score (nSPS) is 16.0. The van der Waals surface area contributed by atoms with E-state index < -0.39 is 0 Å². The number of nitrogens with zero attached hydrogens (tertiary/aromatic N) is 4. The van der Waals surface area contributed by atoms with Crippen LogP contribution in [0.1, 0.15) is 23.6 Å². The van der Waals surface area contributed by atoms with Crippen molar-refractivity contribution >= 4 is 23.3 Å². The Morgan fingerprint density at radius 3 is 2.54 bits per heavy atom. The second-order valence-electron chi connectivity index (χ2n) is 5.90. The highest BCUT2D eigenvalue weighted by atomic mass is 35.5. The van der Waals surface area contributed by atoms with E-state index in [9.17, 15) is 0 Å². The molecule has 0 fully saturated rings. The largest absolute Gasteiger partial charge is 0.493 e. The molecule has 132 valence electrons. The minimum Gasteiger partial charge on any atom is -0.493 e. The summed E-state index contributed by atoms with van der Waals surface area (Å²) in [5, 5.41) is 5.05. The molecule has 4 rings (SSSR count). The van der Waals surface area contributed by atoms with Gasteiger partial charge in [0, 0.05) is 17.0 Å². The van der Waals surface area contributed by atoms with Crippen LogP contribution in [0.2, 0.25) is 5.02 Å². The van der Waals surface area contributed by atoms with Crippen molar-refractivity contribution in [2.45, 2.75) is 12.5 Å². The van der Waals surface area contributed by atoms with Gasteiger partial charge in [0.1, 0.15) is 6.33 Å². The highest BCUT2D eigenvalue weighted by Crippen LogP contribution is 2.35. The summed E-state index contributed by atoms with van der Waals surface area (Å²) in [7, 11) is 3.24. The molecule has 1 unspecified atom stereocenters. The molecule has 1 aromatic heterocycles. The summed E-state index contributed by atoms with van der Waals surface area (Å²) in [4.78, 5) is 8.97. The predicted octanol–water partition coefficient (Wildman–Crippen LogP) is 4.06. The van der Waals surface area contributed by atoms with Crippen LogP contribution in [0.5, 0.6) is 11.5 Å². The van der Waals surface area contributed by atoms with Crippen molar-refractivity contribution in [3.63, 3.8) is 0 Å². The molecule has 2 aromatic carbocycles. The lowest BCUT2D eigenvalue weighted by Crippen LogP contribution is -2.21. The summed E-state index contributed by atoms with van der Waals surface area (Å²) in [6.07, 6.45) is 2.22. The second kappa shape index (κ2) is 6.80. The summed E-state index contributed by atoms with van der Waals surface area (Å²) in [6, 6.07) is 13.6. The highest BCUT2D eigenvalue weighted by Gasteiger charge is 2.26. The Balaban J connectivity index is 1.76. The number of aromatic nitrogens is 3. The lowest BCUT2D eigenvalue weighted by Gasteiger charge is -2.24. The molecule has 1 atom stereocenters. The average Bonchev–Trinajstić information content (AvgIpc) is 3.16. The lowest BCUT2D eigenvalue weighted by atomic mass is 9.96. The maximum absolute atomic E-state index is 6.03. The molecule has 0 radical (unpaired) electrons. The first-order valence-electron chi connectivity index (χ1n) is 8.14. The fourth-order valence-corrected chi connectivity index (χ4v) is 3.25. The molecule has 0 N–H and O–H groups in total. The molecule has 1 aliphatic rings.